The number of amides is 2. The highest BCUT2D eigenvalue weighted by Crippen LogP contribution is 2.32. The molecular formula is C19H24N4O7S3. The van der Waals surface area contributed by atoms with Gasteiger partial charge >= 0.3 is 12.0 Å². The molecule has 0 atom stereocenters. The Balaban J connectivity index is 1.88. The first-order valence-corrected chi connectivity index (χ1v) is 14.1. The Morgan fingerprint density at radius 1 is 1.15 bits per heavy atom. The number of sulfone groups is 1. The van der Waals surface area contributed by atoms with E-state index >= 15 is 0 Å². The second-order valence-electron chi connectivity index (χ2n) is 7.60. The molecular weight excluding hydrogens is 492 g/mol. The number of hydrogen-bond donors (Lipinski definition) is 2. The third-order valence-electron chi connectivity index (χ3n) is 5.16. The van der Waals surface area contributed by atoms with Crippen molar-refractivity contribution in [2.45, 2.75) is 40.8 Å². The zero-order chi connectivity index (χ0) is 24.4. The molecule has 2 amide bonds. The number of carbonyl (C=O) groups excluding carboxylic acids is 1. The van der Waals surface area contributed by atoms with Crippen LogP contribution in [0.5, 0.6) is 0 Å². The van der Waals surface area contributed by atoms with Crippen LogP contribution in [0.1, 0.15) is 25.7 Å². The third-order valence-corrected chi connectivity index (χ3v) is 9.23. The van der Waals surface area contributed by atoms with E-state index in [1.54, 1.807) is 17.0 Å². The first kappa shape index (κ1) is 25.1. The topological polar surface area (TPSA) is 154 Å². The fourth-order valence-corrected chi connectivity index (χ4v) is 6.22. The second kappa shape index (κ2) is 9.75. The van der Waals surface area contributed by atoms with Gasteiger partial charge in [-0.1, -0.05) is 24.2 Å². The van der Waals surface area contributed by atoms with Crippen molar-refractivity contribution in [3.63, 3.8) is 0 Å². The molecule has 0 unspecified atom stereocenters. The average molecular weight is 517 g/mol. The highest BCUT2D eigenvalue weighted by molar-refractivity contribution is 7.91. The van der Waals surface area contributed by atoms with Crippen LogP contribution in [0.3, 0.4) is 0 Å². The van der Waals surface area contributed by atoms with Gasteiger partial charge in [0.25, 0.3) is 10.0 Å². The summed E-state index contributed by atoms with van der Waals surface area (Å²) in [6.45, 7) is -0.775. The molecule has 3 rings (SSSR count). The Bertz CT molecular complexity index is 1230. The molecule has 0 spiro atoms. The Labute approximate surface area is 196 Å². The summed E-state index contributed by atoms with van der Waals surface area (Å²) < 4.78 is 49.8. The molecule has 2 N–H and O–H groups in total. The van der Waals surface area contributed by atoms with E-state index < -0.39 is 38.4 Å². The first-order valence-electron chi connectivity index (χ1n) is 9.94. The molecule has 1 fully saturated rings. The summed E-state index contributed by atoms with van der Waals surface area (Å²) in [5.41, 5.74) is 0.527. The zero-order valence-corrected chi connectivity index (χ0v) is 20.4. The predicted octanol–water partition coefficient (Wildman–Crippen LogP) is 1.91. The number of nitrogens with zero attached hydrogens (tertiary/aromatic N) is 3. The summed E-state index contributed by atoms with van der Waals surface area (Å²) in [5.74, 6) is -1.33. The average Bonchev–Trinajstić information content (AvgIpc) is 3.44. The van der Waals surface area contributed by atoms with E-state index in [1.165, 1.54) is 24.1 Å². The maximum atomic E-state index is 13.4. The summed E-state index contributed by atoms with van der Waals surface area (Å²) in [6.07, 6.45) is 5.64. The summed E-state index contributed by atoms with van der Waals surface area (Å²) in [4.78, 5) is 31.1. The van der Waals surface area contributed by atoms with Gasteiger partial charge in [0.2, 0.25) is 0 Å². The van der Waals surface area contributed by atoms with E-state index in [-0.39, 0.29) is 20.3 Å². The number of aromatic nitrogens is 1. The van der Waals surface area contributed by atoms with Crippen LogP contribution in [-0.2, 0) is 24.7 Å². The standard InChI is InChI=1S/C19H24N4O7S3/c1-22(18-20-12-17(31-18)33(29,30)21-11-16(24)25)19(26)23(13-5-3-4-6-13)14-7-9-15(10-8-14)32(2,27)28/h7-10,12-13,21H,3-6,11H2,1-2H3,(H,24,25). The normalized spacial score (nSPS) is 14.8. The maximum absolute atomic E-state index is 13.4. The van der Waals surface area contributed by atoms with Crippen molar-refractivity contribution in [1.82, 2.24) is 9.71 Å². The largest absolute Gasteiger partial charge is 0.480 e. The van der Waals surface area contributed by atoms with Crippen molar-refractivity contribution in [3.8, 4) is 0 Å². The molecule has 0 radical (unpaired) electrons. The fourth-order valence-electron chi connectivity index (χ4n) is 3.50. The number of carbonyl (C=O) groups is 2. The first-order chi connectivity index (χ1) is 15.4. The van der Waals surface area contributed by atoms with E-state index in [1.807, 2.05) is 4.72 Å². The molecule has 0 aliphatic heterocycles. The van der Waals surface area contributed by atoms with Gasteiger partial charge in [-0.3, -0.25) is 14.6 Å². The molecule has 180 valence electrons. The summed E-state index contributed by atoms with van der Waals surface area (Å²) in [6, 6.07) is 5.52. The number of anilines is 2. The lowest BCUT2D eigenvalue weighted by Gasteiger charge is -2.32. The van der Waals surface area contributed by atoms with Gasteiger partial charge in [-0.2, -0.15) is 4.72 Å². The van der Waals surface area contributed by atoms with Crippen LogP contribution >= 0.6 is 11.3 Å². The molecule has 1 saturated carbocycles. The lowest BCUT2D eigenvalue weighted by Crippen LogP contribution is -2.46. The Morgan fingerprint density at radius 3 is 2.30 bits per heavy atom. The number of hydrogen-bond acceptors (Lipinski definition) is 8. The van der Waals surface area contributed by atoms with Gasteiger partial charge in [-0.15, -0.1) is 0 Å². The molecule has 14 heteroatoms. The zero-order valence-electron chi connectivity index (χ0n) is 18.0. The molecule has 1 aromatic heterocycles. The molecule has 0 bridgehead atoms. The van der Waals surface area contributed by atoms with Crippen molar-refractivity contribution >= 4 is 54.0 Å². The van der Waals surface area contributed by atoms with Gasteiger partial charge in [-0.05, 0) is 37.1 Å². The SMILES string of the molecule is CN(C(=O)N(c1ccc(S(C)(=O)=O)cc1)C1CCCC1)c1ncc(S(=O)(=O)NCC(=O)O)s1. The number of benzene rings is 1. The van der Waals surface area contributed by atoms with Gasteiger partial charge in [0.05, 0.1) is 11.1 Å². The predicted molar refractivity (Wildman–Crippen MR) is 123 cm³/mol. The maximum Gasteiger partial charge on any atom is 0.330 e. The van der Waals surface area contributed by atoms with Gasteiger partial charge < -0.3 is 5.11 Å². The van der Waals surface area contributed by atoms with Gasteiger partial charge in [0.15, 0.2) is 19.2 Å². The van der Waals surface area contributed by atoms with Crippen LogP contribution in [-0.4, -0.2) is 64.8 Å². The molecule has 1 heterocycles. The van der Waals surface area contributed by atoms with E-state index in [2.05, 4.69) is 4.98 Å². The fraction of sp³-hybridized carbons (Fsp3) is 0.421. The minimum absolute atomic E-state index is 0.0931. The Kier molecular flexibility index (Phi) is 7.41. The number of thiazole rings is 1. The molecule has 2 aromatic rings. The van der Waals surface area contributed by atoms with Crippen LogP contribution in [0.2, 0.25) is 0 Å². The van der Waals surface area contributed by atoms with Crippen LogP contribution in [0, 0.1) is 0 Å². The smallest absolute Gasteiger partial charge is 0.330 e. The van der Waals surface area contributed by atoms with Crippen molar-refractivity contribution in [3.05, 3.63) is 30.5 Å². The molecule has 1 aliphatic carbocycles. The number of sulfonamides is 1. The van der Waals surface area contributed by atoms with E-state index in [4.69, 9.17) is 5.11 Å². The molecule has 11 nitrogen and oxygen atoms in total. The molecule has 0 saturated heterocycles. The van der Waals surface area contributed by atoms with Crippen LogP contribution in [0.25, 0.3) is 0 Å². The molecule has 33 heavy (non-hydrogen) atoms. The monoisotopic (exact) mass is 516 g/mol. The minimum atomic E-state index is -4.08. The number of rotatable bonds is 8. The van der Waals surface area contributed by atoms with Crippen molar-refractivity contribution in [2.75, 3.05) is 29.6 Å². The lowest BCUT2D eigenvalue weighted by atomic mass is 10.2. The number of carboxylic acid groups (broad SMARTS) is 1. The van der Waals surface area contributed by atoms with Gasteiger partial charge in [-0.25, -0.2) is 26.6 Å². The number of carboxylic acids is 1. The summed E-state index contributed by atoms with van der Waals surface area (Å²) in [5, 5.41) is 8.81. The quantitative estimate of drug-likeness (QED) is 0.539. The number of nitrogens with one attached hydrogen (secondary N) is 1. The van der Waals surface area contributed by atoms with Crippen molar-refractivity contribution < 1.29 is 31.5 Å². The second-order valence-corrected chi connectivity index (χ2v) is 12.6. The minimum Gasteiger partial charge on any atom is -0.480 e. The van der Waals surface area contributed by atoms with Crippen LogP contribution in [0.4, 0.5) is 15.6 Å². The number of aliphatic carboxylic acids is 1. The Morgan fingerprint density at radius 2 is 1.76 bits per heavy atom. The van der Waals surface area contributed by atoms with Crippen molar-refractivity contribution in [2.24, 2.45) is 0 Å². The summed E-state index contributed by atoms with van der Waals surface area (Å²) >= 11 is 0.733. The third kappa shape index (κ3) is 5.88. The van der Waals surface area contributed by atoms with Crippen LogP contribution < -0.4 is 14.5 Å². The highest BCUT2D eigenvalue weighted by Gasteiger charge is 2.32. The van der Waals surface area contributed by atoms with E-state index in [0.29, 0.717) is 5.69 Å². The highest BCUT2D eigenvalue weighted by atomic mass is 32.2. The lowest BCUT2D eigenvalue weighted by molar-refractivity contribution is -0.135. The molecule has 1 aliphatic rings. The van der Waals surface area contributed by atoms with Crippen LogP contribution in [0.15, 0.2) is 39.6 Å². The Hall–Kier alpha value is -2.55. The summed E-state index contributed by atoms with van der Waals surface area (Å²) in [7, 11) is -6.00. The van der Waals surface area contributed by atoms with E-state index in [0.717, 1.165) is 49.5 Å². The van der Waals surface area contributed by atoms with Crippen molar-refractivity contribution in [1.29, 1.82) is 0 Å². The number of urea groups is 1. The molecule has 1 aromatic carbocycles. The van der Waals surface area contributed by atoms with Gasteiger partial charge in [0, 0.05) is 25.0 Å². The van der Waals surface area contributed by atoms with Gasteiger partial charge in [0.1, 0.15) is 6.54 Å². The van der Waals surface area contributed by atoms with E-state index in [9.17, 15) is 26.4 Å².